The number of aromatic nitrogens is 1. The molecule has 0 spiro atoms. The van der Waals surface area contributed by atoms with Crippen LogP contribution in [0, 0.1) is 11.8 Å². The Morgan fingerprint density at radius 3 is 2.66 bits per heavy atom. The van der Waals surface area contributed by atoms with Crippen LogP contribution in [0.3, 0.4) is 0 Å². The molecule has 3 rings (SSSR count). The van der Waals surface area contributed by atoms with E-state index in [1.807, 2.05) is 24.3 Å². The largest absolute Gasteiger partial charge is 0.494 e. The number of rotatable bonds is 11. The van der Waals surface area contributed by atoms with Gasteiger partial charge in [0.25, 0.3) is 0 Å². The summed E-state index contributed by atoms with van der Waals surface area (Å²) in [5, 5.41) is 0.964. The maximum absolute atomic E-state index is 13.5. The van der Waals surface area contributed by atoms with Crippen molar-refractivity contribution in [1.29, 1.82) is 0 Å². The second-order valence-electron chi connectivity index (χ2n) is 9.38. The molecule has 2 atom stereocenters. The molecular weight excluding hydrogens is 400 g/mol. The first kappa shape index (κ1) is 24.3. The number of ether oxygens (including phenoxy) is 1. The SMILES string of the molecule is CCCN(C(=O)C(CC)C(C)CCCOc1ccc2[nH]c(=O)ccc2c1)C1CCCCC1. The van der Waals surface area contributed by atoms with Gasteiger partial charge < -0.3 is 14.6 Å². The third kappa shape index (κ3) is 6.36. The van der Waals surface area contributed by atoms with Crippen LogP contribution in [0.15, 0.2) is 35.1 Å². The van der Waals surface area contributed by atoms with E-state index in [-0.39, 0.29) is 11.5 Å². The van der Waals surface area contributed by atoms with Crippen molar-refractivity contribution in [3.8, 4) is 5.75 Å². The van der Waals surface area contributed by atoms with E-state index in [1.54, 1.807) is 0 Å². The number of pyridine rings is 1. The highest BCUT2D eigenvalue weighted by Gasteiger charge is 2.31. The van der Waals surface area contributed by atoms with Gasteiger partial charge in [-0.25, -0.2) is 0 Å². The molecule has 1 heterocycles. The van der Waals surface area contributed by atoms with Crippen LogP contribution in [0.1, 0.15) is 78.6 Å². The number of benzene rings is 1. The second kappa shape index (κ2) is 12.1. The van der Waals surface area contributed by atoms with Gasteiger partial charge in [-0.15, -0.1) is 0 Å². The minimum atomic E-state index is -0.0961. The second-order valence-corrected chi connectivity index (χ2v) is 9.38. The lowest BCUT2D eigenvalue weighted by atomic mass is 9.85. The molecule has 1 aromatic carbocycles. The zero-order valence-electron chi connectivity index (χ0n) is 20.1. The zero-order valence-corrected chi connectivity index (χ0v) is 20.1. The van der Waals surface area contributed by atoms with Crippen LogP contribution in [0.25, 0.3) is 10.9 Å². The van der Waals surface area contributed by atoms with E-state index in [1.165, 1.54) is 38.2 Å². The first-order valence-electron chi connectivity index (χ1n) is 12.6. The molecule has 2 unspecified atom stereocenters. The van der Waals surface area contributed by atoms with Gasteiger partial charge in [0.1, 0.15) is 5.75 Å². The Kier molecular flexibility index (Phi) is 9.19. The van der Waals surface area contributed by atoms with E-state index in [2.05, 4.69) is 30.7 Å². The molecule has 2 aromatic rings. The molecule has 176 valence electrons. The average Bonchev–Trinajstić information content (AvgIpc) is 2.81. The van der Waals surface area contributed by atoms with Gasteiger partial charge in [0.2, 0.25) is 11.5 Å². The third-order valence-corrected chi connectivity index (χ3v) is 6.97. The van der Waals surface area contributed by atoms with Crippen LogP contribution in [0.4, 0.5) is 0 Å². The highest BCUT2D eigenvalue weighted by atomic mass is 16.5. The quantitative estimate of drug-likeness (QED) is 0.441. The molecule has 0 bridgehead atoms. The molecule has 1 fully saturated rings. The summed E-state index contributed by atoms with van der Waals surface area (Å²) in [5.74, 6) is 1.63. The Labute approximate surface area is 192 Å². The number of fused-ring (bicyclic) bond motifs is 1. The lowest BCUT2D eigenvalue weighted by Gasteiger charge is -2.37. The minimum Gasteiger partial charge on any atom is -0.494 e. The van der Waals surface area contributed by atoms with Crippen molar-refractivity contribution < 1.29 is 9.53 Å². The van der Waals surface area contributed by atoms with Gasteiger partial charge in [0.15, 0.2) is 0 Å². The Bertz CT molecular complexity index is 917. The summed E-state index contributed by atoms with van der Waals surface area (Å²) >= 11 is 0. The molecule has 0 saturated heterocycles. The number of hydrogen-bond donors (Lipinski definition) is 1. The molecule has 1 aliphatic carbocycles. The molecule has 1 saturated carbocycles. The Morgan fingerprint density at radius 1 is 1.16 bits per heavy atom. The van der Waals surface area contributed by atoms with Crippen molar-refractivity contribution in [2.24, 2.45) is 11.8 Å². The third-order valence-electron chi connectivity index (χ3n) is 6.97. The highest BCUT2D eigenvalue weighted by molar-refractivity contribution is 5.80. The standard InChI is InChI=1S/C27H40N2O3/c1-4-17-29(22-11-7-6-8-12-22)27(31)24(5-2)20(3)10-9-18-32-23-14-15-25-21(19-23)13-16-26(30)28-25/h13-16,19-20,22,24H,4-12,17-18H2,1-3H3,(H,28,30). The summed E-state index contributed by atoms with van der Waals surface area (Å²) in [6, 6.07) is 9.53. The normalized spacial score (nSPS) is 16.6. The Hall–Kier alpha value is -2.30. The number of carbonyl (C=O) groups is 1. The first-order valence-corrected chi connectivity index (χ1v) is 12.6. The molecule has 1 aliphatic rings. The van der Waals surface area contributed by atoms with Gasteiger partial charge in [-0.05, 0) is 68.7 Å². The average molecular weight is 441 g/mol. The molecule has 5 heteroatoms. The minimum absolute atomic E-state index is 0.0961. The number of carbonyl (C=O) groups excluding carboxylic acids is 1. The number of nitrogens with one attached hydrogen (secondary N) is 1. The fraction of sp³-hybridized carbons (Fsp3) is 0.630. The van der Waals surface area contributed by atoms with Crippen molar-refractivity contribution in [1.82, 2.24) is 9.88 Å². The molecule has 1 amide bonds. The van der Waals surface area contributed by atoms with Crippen molar-refractivity contribution in [2.45, 2.75) is 84.6 Å². The van der Waals surface area contributed by atoms with E-state index in [0.29, 0.717) is 24.5 Å². The predicted molar refractivity (Wildman–Crippen MR) is 131 cm³/mol. The van der Waals surface area contributed by atoms with E-state index in [9.17, 15) is 9.59 Å². The van der Waals surface area contributed by atoms with Crippen molar-refractivity contribution >= 4 is 16.8 Å². The fourth-order valence-electron chi connectivity index (χ4n) is 5.16. The smallest absolute Gasteiger partial charge is 0.248 e. The summed E-state index contributed by atoms with van der Waals surface area (Å²) in [4.78, 5) is 29.9. The molecule has 5 nitrogen and oxygen atoms in total. The van der Waals surface area contributed by atoms with E-state index < -0.39 is 0 Å². The summed E-state index contributed by atoms with van der Waals surface area (Å²) in [7, 11) is 0. The lowest BCUT2D eigenvalue weighted by Crippen LogP contribution is -2.46. The van der Waals surface area contributed by atoms with E-state index in [4.69, 9.17) is 4.74 Å². The van der Waals surface area contributed by atoms with Crippen molar-refractivity contribution in [2.75, 3.05) is 13.2 Å². The number of H-pyrrole nitrogens is 1. The Balaban J connectivity index is 1.51. The van der Waals surface area contributed by atoms with E-state index >= 15 is 0 Å². The van der Waals surface area contributed by atoms with Gasteiger partial charge >= 0.3 is 0 Å². The molecule has 1 aromatic heterocycles. The molecule has 32 heavy (non-hydrogen) atoms. The van der Waals surface area contributed by atoms with Crippen LogP contribution in [0.5, 0.6) is 5.75 Å². The predicted octanol–water partition coefficient (Wildman–Crippen LogP) is 5.92. The first-order chi connectivity index (χ1) is 15.5. The van der Waals surface area contributed by atoms with Crippen LogP contribution in [-0.4, -0.2) is 35.0 Å². The fourth-order valence-corrected chi connectivity index (χ4v) is 5.16. The maximum atomic E-state index is 13.5. The van der Waals surface area contributed by atoms with Gasteiger partial charge in [0, 0.05) is 35.5 Å². The monoisotopic (exact) mass is 440 g/mol. The number of hydrogen-bond acceptors (Lipinski definition) is 3. The van der Waals surface area contributed by atoms with Crippen molar-refractivity contribution in [3.05, 3.63) is 40.7 Å². The maximum Gasteiger partial charge on any atom is 0.248 e. The van der Waals surface area contributed by atoms with E-state index in [0.717, 1.165) is 48.9 Å². The lowest BCUT2D eigenvalue weighted by molar-refractivity contribution is -0.140. The molecule has 0 radical (unpaired) electrons. The van der Waals surface area contributed by atoms with Crippen LogP contribution >= 0.6 is 0 Å². The molecular formula is C27H40N2O3. The van der Waals surface area contributed by atoms with Gasteiger partial charge in [0.05, 0.1) is 6.61 Å². The van der Waals surface area contributed by atoms with Crippen LogP contribution < -0.4 is 10.3 Å². The number of amides is 1. The molecule has 1 N–H and O–H groups in total. The summed E-state index contributed by atoms with van der Waals surface area (Å²) < 4.78 is 5.96. The summed E-state index contributed by atoms with van der Waals surface area (Å²) in [5.41, 5.74) is 0.721. The Morgan fingerprint density at radius 2 is 1.94 bits per heavy atom. The molecule has 0 aliphatic heterocycles. The number of aromatic amines is 1. The van der Waals surface area contributed by atoms with Crippen molar-refractivity contribution in [3.63, 3.8) is 0 Å². The van der Waals surface area contributed by atoms with Gasteiger partial charge in [-0.2, -0.15) is 0 Å². The van der Waals surface area contributed by atoms with Crippen LogP contribution in [-0.2, 0) is 4.79 Å². The summed E-state index contributed by atoms with van der Waals surface area (Å²) in [6.07, 6.45) is 10.00. The van der Waals surface area contributed by atoms with Gasteiger partial charge in [-0.1, -0.05) is 40.0 Å². The number of nitrogens with zero attached hydrogens (tertiary/aromatic N) is 1. The highest BCUT2D eigenvalue weighted by Crippen LogP contribution is 2.29. The van der Waals surface area contributed by atoms with Gasteiger partial charge in [-0.3, -0.25) is 9.59 Å². The summed E-state index contributed by atoms with van der Waals surface area (Å²) in [6.45, 7) is 8.08. The van der Waals surface area contributed by atoms with Crippen LogP contribution in [0.2, 0.25) is 0 Å². The zero-order chi connectivity index (χ0) is 22.9. The topological polar surface area (TPSA) is 62.4 Å².